The normalized spacial score (nSPS) is 18.6. The molecule has 0 spiro atoms. The lowest BCUT2D eigenvalue weighted by molar-refractivity contribution is 0.651. The van der Waals surface area contributed by atoms with E-state index >= 15 is 0 Å². The first-order valence-corrected chi connectivity index (χ1v) is 4.83. The number of nitrogens with zero attached hydrogens (tertiary/aromatic N) is 2. The Balaban J connectivity index is 1.98. The molecule has 0 unspecified atom stereocenters. The minimum absolute atomic E-state index is 0.0152. The molecule has 1 aliphatic rings. The third kappa shape index (κ3) is 1.28. The SMILES string of the molecule is NC1(Cc2nc3ccncc3[nH]2)CC1. The second kappa shape index (κ2) is 2.54. The highest BCUT2D eigenvalue weighted by atomic mass is 15.0. The molecule has 0 aliphatic heterocycles. The summed E-state index contributed by atoms with van der Waals surface area (Å²) in [5, 5.41) is 0. The van der Waals surface area contributed by atoms with Crippen LogP contribution in [0, 0.1) is 0 Å². The molecule has 0 atom stereocenters. The van der Waals surface area contributed by atoms with Gasteiger partial charge >= 0.3 is 0 Å². The number of rotatable bonds is 2. The van der Waals surface area contributed by atoms with E-state index in [-0.39, 0.29) is 5.54 Å². The number of imidazole rings is 1. The molecule has 0 aromatic carbocycles. The van der Waals surface area contributed by atoms with Crippen LogP contribution in [-0.2, 0) is 6.42 Å². The van der Waals surface area contributed by atoms with Gasteiger partial charge in [0, 0.05) is 18.2 Å². The standard InChI is InChI=1S/C10H12N4/c11-10(2-3-10)5-9-13-7-1-4-12-6-8(7)14-9/h1,4,6H,2-3,5,11H2,(H,13,14). The summed E-state index contributed by atoms with van der Waals surface area (Å²) in [4.78, 5) is 11.7. The zero-order valence-corrected chi connectivity index (χ0v) is 7.83. The Morgan fingerprint density at radius 3 is 3.07 bits per heavy atom. The lowest BCUT2D eigenvalue weighted by Crippen LogP contribution is -2.25. The lowest BCUT2D eigenvalue weighted by atomic mass is 10.2. The molecule has 4 nitrogen and oxygen atoms in total. The van der Waals surface area contributed by atoms with E-state index in [0.717, 1.165) is 36.1 Å². The number of nitrogens with one attached hydrogen (secondary N) is 1. The van der Waals surface area contributed by atoms with Crippen LogP contribution in [-0.4, -0.2) is 20.5 Å². The second-order valence-corrected chi connectivity index (χ2v) is 4.12. The fraction of sp³-hybridized carbons (Fsp3) is 0.400. The van der Waals surface area contributed by atoms with Gasteiger partial charge in [-0.15, -0.1) is 0 Å². The Morgan fingerprint density at radius 2 is 2.36 bits per heavy atom. The average Bonchev–Trinajstić information content (AvgIpc) is 2.77. The zero-order valence-electron chi connectivity index (χ0n) is 7.83. The van der Waals surface area contributed by atoms with Crippen molar-refractivity contribution in [2.24, 2.45) is 5.73 Å². The highest BCUT2D eigenvalue weighted by molar-refractivity contribution is 5.73. The summed E-state index contributed by atoms with van der Waals surface area (Å²) < 4.78 is 0. The Kier molecular flexibility index (Phi) is 1.44. The molecule has 0 saturated heterocycles. The van der Waals surface area contributed by atoms with Gasteiger partial charge in [0.25, 0.3) is 0 Å². The van der Waals surface area contributed by atoms with Gasteiger partial charge in [0.05, 0.1) is 17.2 Å². The predicted octanol–water partition coefficient (Wildman–Crippen LogP) is 0.992. The highest BCUT2D eigenvalue weighted by Crippen LogP contribution is 2.35. The average molecular weight is 188 g/mol. The molecule has 1 fully saturated rings. The van der Waals surface area contributed by atoms with Gasteiger partial charge in [-0.25, -0.2) is 4.98 Å². The first-order valence-electron chi connectivity index (χ1n) is 4.83. The number of fused-ring (bicyclic) bond motifs is 1. The maximum atomic E-state index is 6.02. The van der Waals surface area contributed by atoms with Gasteiger partial charge in [-0.05, 0) is 18.9 Å². The fourth-order valence-electron chi connectivity index (χ4n) is 1.66. The molecule has 0 radical (unpaired) electrons. The van der Waals surface area contributed by atoms with Crippen molar-refractivity contribution < 1.29 is 0 Å². The van der Waals surface area contributed by atoms with Gasteiger partial charge in [0.15, 0.2) is 0 Å². The highest BCUT2D eigenvalue weighted by Gasteiger charge is 2.38. The van der Waals surface area contributed by atoms with Crippen molar-refractivity contribution in [1.29, 1.82) is 0 Å². The van der Waals surface area contributed by atoms with Crippen molar-refractivity contribution in [2.45, 2.75) is 24.8 Å². The summed E-state index contributed by atoms with van der Waals surface area (Å²) in [5.41, 5.74) is 8.00. The fourth-order valence-corrected chi connectivity index (χ4v) is 1.66. The van der Waals surface area contributed by atoms with Crippen molar-refractivity contribution in [1.82, 2.24) is 15.0 Å². The van der Waals surface area contributed by atoms with E-state index in [9.17, 15) is 0 Å². The van der Waals surface area contributed by atoms with Crippen molar-refractivity contribution in [2.75, 3.05) is 0 Å². The van der Waals surface area contributed by atoms with Crippen LogP contribution in [0.25, 0.3) is 11.0 Å². The Morgan fingerprint density at radius 1 is 1.50 bits per heavy atom. The van der Waals surface area contributed by atoms with Gasteiger partial charge < -0.3 is 10.7 Å². The lowest BCUT2D eigenvalue weighted by Gasteiger charge is -2.03. The monoisotopic (exact) mass is 188 g/mol. The second-order valence-electron chi connectivity index (χ2n) is 4.12. The summed E-state index contributed by atoms with van der Waals surface area (Å²) in [6, 6.07) is 1.91. The molecule has 72 valence electrons. The van der Waals surface area contributed by atoms with E-state index in [0.29, 0.717) is 0 Å². The van der Waals surface area contributed by atoms with E-state index in [1.54, 1.807) is 12.4 Å². The number of aromatic nitrogens is 3. The van der Waals surface area contributed by atoms with E-state index in [2.05, 4.69) is 15.0 Å². The van der Waals surface area contributed by atoms with E-state index in [4.69, 9.17) is 5.73 Å². The number of hydrogen-bond acceptors (Lipinski definition) is 3. The van der Waals surface area contributed by atoms with Crippen molar-refractivity contribution >= 4 is 11.0 Å². The van der Waals surface area contributed by atoms with Crippen LogP contribution in [0.5, 0.6) is 0 Å². The molecular weight excluding hydrogens is 176 g/mol. The van der Waals surface area contributed by atoms with Gasteiger partial charge in [0.2, 0.25) is 0 Å². The third-order valence-electron chi connectivity index (χ3n) is 2.74. The number of nitrogens with two attached hydrogens (primary N) is 1. The van der Waals surface area contributed by atoms with Gasteiger partial charge in [-0.3, -0.25) is 4.98 Å². The molecule has 1 aliphatic carbocycles. The minimum Gasteiger partial charge on any atom is -0.341 e. The van der Waals surface area contributed by atoms with Gasteiger partial charge in [0.1, 0.15) is 5.82 Å². The Labute approximate surface area is 81.6 Å². The van der Waals surface area contributed by atoms with Crippen LogP contribution >= 0.6 is 0 Å². The van der Waals surface area contributed by atoms with Crippen LogP contribution < -0.4 is 5.73 Å². The largest absolute Gasteiger partial charge is 0.341 e. The molecule has 3 rings (SSSR count). The molecule has 1 saturated carbocycles. The first-order chi connectivity index (χ1) is 6.75. The van der Waals surface area contributed by atoms with E-state index in [1.807, 2.05) is 6.07 Å². The molecule has 0 bridgehead atoms. The summed E-state index contributed by atoms with van der Waals surface area (Å²) in [5.74, 6) is 0.980. The maximum absolute atomic E-state index is 6.02. The first kappa shape index (κ1) is 7.94. The van der Waals surface area contributed by atoms with Crippen LogP contribution in [0.3, 0.4) is 0 Å². The summed E-state index contributed by atoms with van der Waals surface area (Å²) >= 11 is 0. The predicted molar refractivity (Wildman–Crippen MR) is 53.7 cm³/mol. The molecule has 2 aromatic rings. The molecule has 4 heteroatoms. The van der Waals surface area contributed by atoms with Crippen LogP contribution in [0.1, 0.15) is 18.7 Å². The van der Waals surface area contributed by atoms with Crippen LogP contribution in [0.15, 0.2) is 18.5 Å². The number of pyridine rings is 1. The van der Waals surface area contributed by atoms with Crippen LogP contribution in [0.2, 0.25) is 0 Å². The topological polar surface area (TPSA) is 67.6 Å². The summed E-state index contributed by atoms with van der Waals surface area (Å²) in [7, 11) is 0. The quantitative estimate of drug-likeness (QED) is 0.738. The maximum Gasteiger partial charge on any atom is 0.109 e. The minimum atomic E-state index is 0.0152. The molecular formula is C10H12N4. The smallest absolute Gasteiger partial charge is 0.109 e. The van der Waals surface area contributed by atoms with Crippen LogP contribution in [0.4, 0.5) is 0 Å². The number of H-pyrrole nitrogens is 1. The van der Waals surface area contributed by atoms with Crippen molar-refractivity contribution in [3.05, 3.63) is 24.3 Å². The zero-order chi connectivity index (χ0) is 9.60. The Hall–Kier alpha value is -1.42. The van der Waals surface area contributed by atoms with Gasteiger partial charge in [-0.2, -0.15) is 0 Å². The third-order valence-corrected chi connectivity index (χ3v) is 2.74. The van der Waals surface area contributed by atoms with Crippen molar-refractivity contribution in [3.63, 3.8) is 0 Å². The molecule has 14 heavy (non-hydrogen) atoms. The number of aromatic amines is 1. The molecule has 3 N–H and O–H groups in total. The Bertz CT molecular complexity index is 437. The van der Waals surface area contributed by atoms with E-state index < -0.39 is 0 Å². The molecule has 0 amide bonds. The summed E-state index contributed by atoms with van der Waals surface area (Å²) in [6.45, 7) is 0. The number of hydrogen-bond donors (Lipinski definition) is 2. The van der Waals surface area contributed by atoms with E-state index in [1.165, 1.54) is 0 Å². The molecule has 2 aromatic heterocycles. The van der Waals surface area contributed by atoms with Gasteiger partial charge in [-0.1, -0.05) is 0 Å². The molecule has 2 heterocycles. The summed E-state index contributed by atoms with van der Waals surface area (Å²) in [6.07, 6.45) is 6.62. The van der Waals surface area contributed by atoms with Crippen molar-refractivity contribution in [3.8, 4) is 0 Å².